The van der Waals surface area contributed by atoms with Crippen molar-refractivity contribution in [1.29, 1.82) is 0 Å². The average Bonchev–Trinajstić information content (AvgIpc) is 3.11. The number of carbonyl (C=O) groups excluding carboxylic acids is 2. The zero-order valence-electron chi connectivity index (χ0n) is 17.4. The van der Waals surface area contributed by atoms with Gasteiger partial charge < -0.3 is 15.2 Å². The van der Waals surface area contributed by atoms with Gasteiger partial charge in [-0.15, -0.1) is 0 Å². The molecule has 29 heavy (non-hydrogen) atoms. The lowest BCUT2D eigenvalue weighted by atomic mass is 9.95. The van der Waals surface area contributed by atoms with Crippen LogP contribution in [0.4, 0.5) is 5.69 Å². The number of aryl methyl sites for hydroxylation is 2. The summed E-state index contributed by atoms with van der Waals surface area (Å²) in [7, 11) is 0. The summed E-state index contributed by atoms with van der Waals surface area (Å²) >= 11 is 0. The predicted molar refractivity (Wildman–Crippen MR) is 113 cm³/mol. The monoisotopic (exact) mass is 394 g/mol. The molecule has 2 aliphatic rings. The second kappa shape index (κ2) is 8.39. The van der Waals surface area contributed by atoms with E-state index in [9.17, 15) is 9.59 Å². The number of amides is 2. The second-order valence-corrected chi connectivity index (χ2v) is 8.37. The lowest BCUT2D eigenvalue weighted by molar-refractivity contribution is 0.0921. The molecule has 2 heterocycles. The fourth-order valence-corrected chi connectivity index (χ4v) is 4.58. The standard InChI is InChI=1S/C23H30N4O2/c1-15-9-8-10-16(2)19(15)26-23(29)21-25-20(18-13-6-7-14-27(18)21)22(28)24-17-11-4-3-5-12-17/h8-10,17H,3-7,11-14H2,1-2H3,(H,24,28)(H,26,29). The van der Waals surface area contributed by atoms with E-state index in [2.05, 4.69) is 15.6 Å². The van der Waals surface area contributed by atoms with Crippen molar-refractivity contribution in [3.8, 4) is 0 Å². The molecule has 1 aliphatic heterocycles. The van der Waals surface area contributed by atoms with Gasteiger partial charge in [-0.1, -0.05) is 37.5 Å². The largest absolute Gasteiger partial charge is 0.348 e. The summed E-state index contributed by atoms with van der Waals surface area (Å²) in [6.07, 6.45) is 8.44. The van der Waals surface area contributed by atoms with E-state index in [0.717, 1.165) is 74.0 Å². The van der Waals surface area contributed by atoms with E-state index >= 15 is 0 Å². The highest BCUT2D eigenvalue weighted by molar-refractivity contribution is 6.04. The van der Waals surface area contributed by atoms with Crippen LogP contribution in [0.5, 0.6) is 0 Å². The van der Waals surface area contributed by atoms with E-state index in [1.807, 2.05) is 36.6 Å². The third kappa shape index (κ3) is 4.07. The third-order valence-corrected chi connectivity index (χ3v) is 6.20. The fourth-order valence-electron chi connectivity index (χ4n) is 4.58. The van der Waals surface area contributed by atoms with Crippen molar-refractivity contribution in [3.63, 3.8) is 0 Å². The van der Waals surface area contributed by atoms with Gasteiger partial charge in [0.2, 0.25) is 0 Å². The molecule has 1 saturated carbocycles. The van der Waals surface area contributed by atoms with Crippen molar-refractivity contribution in [2.24, 2.45) is 0 Å². The minimum absolute atomic E-state index is 0.131. The minimum Gasteiger partial charge on any atom is -0.348 e. The first-order valence-corrected chi connectivity index (χ1v) is 10.8. The van der Waals surface area contributed by atoms with Crippen molar-refractivity contribution in [1.82, 2.24) is 14.9 Å². The van der Waals surface area contributed by atoms with Gasteiger partial charge in [-0.2, -0.15) is 0 Å². The van der Waals surface area contributed by atoms with E-state index in [-0.39, 0.29) is 17.9 Å². The Kier molecular flexibility index (Phi) is 5.69. The number of hydrogen-bond acceptors (Lipinski definition) is 3. The summed E-state index contributed by atoms with van der Waals surface area (Å²) in [5.74, 6) is -0.0351. The molecule has 2 amide bonds. The summed E-state index contributed by atoms with van der Waals surface area (Å²) in [4.78, 5) is 30.6. The average molecular weight is 395 g/mol. The van der Waals surface area contributed by atoms with Gasteiger partial charge in [0.05, 0.1) is 5.69 Å². The summed E-state index contributed by atoms with van der Waals surface area (Å²) < 4.78 is 1.95. The number of fused-ring (bicyclic) bond motifs is 1. The maximum atomic E-state index is 13.1. The van der Waals surface area contributed by atoms with Crippen LogP contribution < -0.4 is 10.6 Å². The number of benzene rings is 1. The van der Waals surface area contributed by atoms with Gasteiger partial charge in [-0.3, -0.25) is 9.59 Å². The molecular weight excluding hydrogens is 364 g/mol. The number of hydrogen-bond donors (Lipinski definition) is 2. The summed E-state index contributed by atoms with van der Waals surface area (Å²) in [6, 6.07) is 6.16. The molecule has 1 fully saturated rings. The Balaban J connectivity index is 1.60. The van der Waals surface area contributed by atoms with E-state index in [1.165, 1.54) is 6.42 Å². The van der Waals surface area contributed by atoms with Crippen LogP contribution in [-0.2, 0) is 13.0 Å². The zero-order valence-corrected chi connectivity index (χ0v) is 17.4. The van der Waals surface area contributed by atoms with Crippen LogP contribution in [0.2, 0.25) is 0 Å². The van der Waals surface area contributed by atoms with Crippen molar-refractivity contribution in [2.75, 3.05) is 5.32 Å². The number of rotatable bonds is 4. The number of anilines is 1. The van der Waals surface area contributed by atoms with Gasteiger partial charge in [-0.25, -0.2) is 4.98 Å². The van der Waals surface area contributed by atoms with Crippen LogP contribution in [0.1, 0.15) is 82.9 Å². The second-order valence-electron chi connectivity index (χ2n) is 8.37. The maximum Gasteiger partial charge on any atom is 0.291 e. The Morgan fingerprint density at radius 2 is 1.72 bits per heavy atom. The third-order valence-electron chi connectivity index (χ3n) is 6.20. The van der Waals surface area contributed by atoms with Crippen LogP contribution in [0, 0.1) is 13.8 Å². The zero-order chi connectivity index (χ0) is 20.4. The topological polar surface area (TPSA) is 76.0 Å². The Bertz CT molecular complexity index is 905. The molecule has 6 nitrogen and oxygen atoms in total. The predicted octanol–water partition coefficient (Wildman–Crippen LogP) is 4.15. The Morgan fingerprint density at radius 1 is 1.00 bits per heavy atom. The molecule has 1 aromatic carbocycles. The van der Waals surface area contributed by atoms with Crippen LogP contribution in [-0.4, -0.2) is 27.4 Å². The van der Waals surface area contributed by atoms with Crippen LogP contribution in [0.3, 0.4) is 0 Å². The Hall–Kier alpha value is -2.63. The Labute approximate surface area is 172 Å². The highest BCUT2D eigenvalue weighted by Crippen LogP contribution is 2.25. The summed E-state index contributed by atoms with van der Waals surface area (Å²) in [5.41, 5.74) is 4.18. The molecule has 0 saturated heterocycles. The van der Waals surface area contributed by atoms with Gasteiger partial charge in [0.25, 0.3) is 11.8 Å². The smallest absolute Gasteiger partial charge is 0.291 e. The number of nitrogens with zero attached hydrogens (tertiary/aromatic N) is 2. The maximum absolute atomic E-state index is 13.1. The molecule has 2 aromatic rings. The van der Waals surface area contributed by atoms with Gasteiger partial charge in [0, 0.05) is 18.3 Å². The van der Waals surface area contributed by atoms with Gasteiger partial charge in [0.1, 0.15) is 5.69 Å². The highest BCUT2D eigenvalue weighted by atomic mass is 16.2. The van der Waals surface area contributed by atoms with Crippen LogP contribution >= 0.6 is 0 Å². The van der Waals surface area contributed by atoms with E-state index < -0.39 is 0 Å². The molecule has 0 unspecified atom stereocenters. The molecule has 2 N–H and O–H groups in total. The quantitative estimate of drug-likeness (QED) is 0.818. The Morgan fingerprint density at radius 3 is 2.45 bits per heavy atom. The van der Waals surface area contributed by atoms with Crippen molar-refractivity contribution in [2.45, 2.75) is 77.8 Å². The molecule has 6 heteroatoms. The minimum atomic E-state index is -0.248. The number of imidazole rings is 1. The SMILES string of the molecule is Cc1cccc(C)c1NC(=O)c1nc(C(=O)NC2CCCCC2)c2n1CCCC2. The summed E-state index contributed by atoms with van der Waals surface area (Å²) in [6.45, 7) is 4.69. The van der Waals surface area contributed by atoms with Crippen LogP contribution in [0.25, 0.3) is 0 Å². The first kappa shape index (κ1) is 19.7. The highest BCUT2D eigenvalue weighted by Gasteiger charge is 2.29. The van der Waals surface area contributed by atoms with E-state index in [1.54, 1.807) is 0 Å². The first-order valence-electron chi connectivity index (χ1n) is 10.8. The molecular formula is C23H30N4O2. The molecule has 154 valence electrons. The molecule has 4 rings (SSSR count). The summed E-state index contributed by atoms with van der Waals surface area (Å²) in [5, 5.41) is 6.18. The van der Waals surface area contributed by atoms with Gasteiger partial charge in [-0.05, 0) is 57.1 Å². The van der Waals surface area contributed by atoms with E-state index in [4.69, 9.17) is 0 Å². The molecule has 0 bridgehead atoms. The van der Waals surface area contributed by atoms with Crippen molar-refractivity contribution >= 4 is 17.5 Å². The number of aromatic nitrogens is 2. The lowest BCUT2D eigenvalue weighted by Gasteiger charge is -2.23. The lowest BCUT2D eigenvalue weighted by Crippen LogP contribution is -2.37. The number of carbonyl (C=O) groups is 2. The van der Waals surface area contributed by atoms with Crippen molar-refractivity contribution in [3.05, 3.63) is 46.5 Å². The number of nitrogens with one attached hydrogen (secondary N) is 2. The fraction of sp³-hybridized carbons (Fsp3) is 0.522. The normalized spacial score (nSPS) is 16.9. The molecule has 0 radical (unpaired) electrons. The molecule has 1 aliphatic carbocycles. The molecule has 0 spiro atoms. The first-order chi connectivity index (χ1) is 14.0. The molecule has 0 atom stereocenters. The number of para-hydroxylation sites is 1. The van der Waals surface area contributed by atoms with Crippen LogP contribution in [0.15, 0.2) is 18.2 Å². The van der Waals surface area contributed by atoms with Gasteiger partial charge >= 0.3 is 0 Å². The van der Waals surface area contributed by atoms with Crippen molar-refractivity contribution < 1.29 is 9.59 Å². The van der Waals surface area contributed by atoms with Gasteiger partial charge in [0.15, 0.2) is 5.82 Å². The molecule has 1 aromatic heterocycles. The van der Waals surface area contributed by atoms with E-state index in [0.29, 0.717) is 11.5 Å².